The Kier molecular flexibility index (Phi) is 3.94. The summed E-state index contributed by atoms with van der Waals surface area (Å²) in [5.74, 6) is 0. The van der Waals surface area contributed by atoms with E-state index in [2.05, 4.69) is 22.5 Å². The van der Waals surface area contributed by atoms with E-state index in [1.165, 1.54) is 18.5 Å². The molecule has 18 heavy (non-hydrogen) atoms. The Morgan fingerprint density at radius 1 is 1.56 bits per heavy atom. The molecule has 1 aromatic rings. The molecule has 0 bridgehead atoms. The van der Waals surface area contributed by atoms with Gasteiger partial charge in [-0.2, -0.15) is 0 Å². The second-order valence-electron chi connectivity index (χ2n) is 5.08. The molecular formula is C13H21N3OS. The van der Waals surface area contributed by atoms with Crippen molar-refractivity contribution in [2.24, 2.45) is 0 Å². The minimum Gasteiger partial charge on any atom is -0.368 e. The van der Waals surface area contributed by atoms with Gasteiger partial charge in [0.1, 0.15) is 11.1 Å². The second-order valence-corrected chi connectivity index (χ2v) is 5.97. The lowest BCUT2D eigenvalue weighted by molar-refractivity contribution is -0.0283. The van der Waals surface area contributed by atoms with Gasteiger partial charge in [0.2, 0.25) is 0 Å². The first-order valence-corrected chi connectivity index (χ1v) is 7.74. The van der Waals surface area contributed by atoms with Crippen LogP contribution in [0.5, 0.6) is 0 Å². The van der Waals surface area contributed by atoms with E-state index in [1.54, 1.807) is 11.3 Å². The Bertz CT molecular complexity index is 391. The number of hydrogen-bond donors (Lipinski definition) is 1. The molecule has 1 aromatic heterocycles. The first-order valence-electron chi connectivity index (χ1n) is 6.87. The molecule has 0 amide bonds. The third-order valence-electron chi connectivity index (χ3n) is 3.59. The summed E-state index contributed by atoms with van der Waals surface area (Å²) in [7, 11) is 0. The van der Waals surface area contributed by atoms with Gasteiger partial charge in [0.25, 0.3) is 0 Å². The number of rotatable bonds is 5. The second kappa shape index (κ2) is 5.65. The zero-order valence-corrected chi connectivity index (χ0v) is 11.7. The van der Waals surface area contributed by atoms with Crippen molar-refractivity contribution in [2.45, 2.75) is 38.5 Å². The molecular weight excluding hydrogens is 246 g/mol. The normalized spacial score (nSPS) is 25.5. The fourth-order valence-corrected chi connectivity index (χ4v) is 3.08. The number of aromatic nitrogens is 1. The molecule has 2 fully saturated rings. The molecule has 1 saturated carbocycles. The van der Waals surface area contributed by atoms with E-state index in [0.717, 1.165) is 43.8 Å². The van der Waals surface area contributed by atoms with Gasteiger partial charge in [0, 0.05) is 31.1 Å². The molecule has 4 nitrogen and oxygen atoms in total. The molecule has 0 radical (unpaired) electrons. The van der Waals surface area contributed by atoms with Crippen molar-refractivity contribution < 1.29 is 4.74 Å². The highest BCUT2D eigenvalue weighted by Gasteiger charge is 2.24. The first kappa shape index (κ1) is 12.5. The summed E-state index contributed by atoms with van der Waals surface area (Å²) in [6.45, 7) is 7.07. The van der Waals surface area contributed by atoms with Crippen LogP contribution in [-0.4, -0.2) is 42.2 Å². The van der Waals surface area contributed by atoms with Crippen LogP contribution in [0.2, 0.25) is 0 Å². The van der Waals surface area contributed by atoms with E-state index in [1.807, 2.05) is 0 Å². The molecule has 1 N–H and O–H groups in total. The van der Waals surface area contributed by atoms with Crippen LogP contribution in [-0.2, 0) is 11.3 Å². The summed E-state index contributed by atoms with van der Waals surface area (Å²) in [6.07, 6.45) is 2.83. The smallest absolute Gasteiger partial charge is 0.123 e. The lowest BCUT2D eigenvalue weighted by Crippen LogP contribution is -2.38. The lowest BCUT2D eigenvalue weighted by Gasteiger charge is -2.30. The summed E-state index contributed by atoms with van der Waals surface area (Å²) < 4.78 is 5.83. The minimum atomic E-state index is 0.179. The van der Waals surface area contributed by atoms with E-state index in [9.17, 15) is 0 Å². The highest BCUT2D eigenvalue weighted by molar-refractivity contribution is 7.09. The van der Waals surface area contributed by atoms with Crippen molar-refractivity contribution in [1.82, 2.24) is 15.2 Å². The topological polar surface area (TPSA) is 37.4 Å². The van der Waals surface area contributed by atoms with Crippen LogP contribution in [0.25, 0.3) is 0 Å². The number of ether oxygens (including phenoxy) is 1. The van der Waals surface area contributed by atoms with Crippen molar-refractivity contribution >= 4 is 11.3 Å². The van der Waals surface area contributed by atoms with Gasteiger partial charge < -0.3 is 10.1 Å². The summed E-state index contributed by atoms with van der Waals surface area (Å²) in [6, 6.07) is 0.747. The molecule has 0 spiro atoms. The molecule has 1 unspecified atom stereocenters. The lowest BCUT2D eigenvalue weighted by atomic mass is 10.3. The number of hydrogen-bond acceptors (Lipinski definition) is 5. The third kappa shape index (κ3) is 3.09. The van der Waals surface area contributed by atoms with Gasteiger partial charge in [-0.1, -0.05) is 6.92 Å². The predicted octanol–water partition coefficient (Wildman–Crippen LogP) is 1.79. The maximum absolute atomic E-state index is 5.83. The number of nitrogens with one attached hydrogen (secondary N) is 1. The number of morpholine rings is 1. The standard InChI is InChI=1S/C13H21N3OS/c1-2-16-5-6-17-12(8-16)13-15-11(9-18-13)7-14-10-3-4-10/h9-10,12,14H,2-8H2,1H3. The minimum absolute atomic E-state index is 0.179. The molecule has 0 aromatic carbocycles. The average molecular weight is 267 g/mol. The van der Waals surface area contributed by atoms with Crippen molar-refractivity contribution in [3.05, 3.63) is 16.1 Å². The van der Waals surface area contributed by atoms with Gasteiger partial charge in [-0.3, -0.25) is 4.90 Å². The SMILES string of the molecule is CCN1CCOC(c2nc(CNC3CC3)cs2)C1. The highest BCUT2D eigenvalue weighted by atomic mass is 32.1. The Morgan fingerprint density at radius 3 is 3.22 bits per heavy atom. The fourth-order valence-electron chi connectivity index (χ4n) is 2.23. The first-order chi connectivity index (χ1) is 8.85. The Balaban J connectivity index is 1.57. The zero-order valence-electron chi connectivity index (χ0n) is 10.9. The third-order valence-corrected chi connectivity index (χ3v) is 4.58. The van der Waals surface area contributed by atoms with E-state index in [0.29, 0.717) is 0 Å². The van der Waals surface area contributed by atoms with Crippen molar-refractivity contribution in [3.63, 3.8) is 0 Å². The highest BCUT2D eigenvalue weighted by Crippen LogP contribution is 2.26. The van der Waals surface area contributed by atoms with Gasteiger partial charge >= 0.3 is 0 Å². The maximum atomic E-state index is 5.83. The molecule has 1 aliphatic heterocycles. The van der Waals surface area contributed by atoms with Crippen molar-refractivity contribution in [1.29, 1.82) is 0 Å². The maximum Gasteiger partial charge on any atom is 0.123 e. The van der Waals surface area contributed by atoms with Gasteiger partial charge in [0.05, 0.1) is 12.3 Å². The monoisotopic (exact) mass is 267 g/mol. The predicted molar refractivity (Wildman–Crippen MR) is 72.8 cm³/mol. The van der Waals surface area contributed by atoms with Crippen LogP contribution in [0.1, 0.15) is 36.6 Å². The molecule has 1 saturated heterocycles. The Hall–Kier alpha value is -0.490. The van der Waals surface area contributed by atoms with Gasteiger partial charge in [-0.25, -0.2) is 4.98 Å². The summed E-state index contributed by atoms with van der Waals surface area (Å²) in [4.78, 5) is 7.14. The summed E-state index contributed by atoms with van der Waals surface area (Å²) in [5.41, 5.74) is 1.17. The zero-order chi connectivity index (χ0) is 12.4. The van der Waals surface area contributed by atoms with Crippen molar-refractivity contribution in [2.75, 3.05) is 26.2 Å². The quantitative estimate of drug-likeness (QED) is 0.882. The van der Waals surface area contributed by atoms with E-state index in [4.69, 9.17) is 9.72 Å². The van der Waals surface area contributed by atoms with Crippen LogP contribution in [0.15, 0.2) is 5.38 Å². The fraction of sp³-hybridized carbons (Fsp3) is 0.769. The van der Waals surface area contributed by atoms with Gasteiger partial charge in [-0.05, 0) is 19.4 Å². The van der Waals surface area contributed by atoms with Crippen LogP contribution in [0.4, 0.5) is 0 Å². The van der Waals surface area contributed by atoms with Crippen LogP contribution < -0.4 is 5.32 Å². The average Bonchev–Trinajstić information content (AvgIpc) is 3.13. The van der Waals surface area contributed by atoms with Crippen LogP contribution in [0, 0.1) is 0 Å². The number of thiazole rings is 1. The number of likely N-dealkylation sites (N-methyl/N-ethyl adjacent to an activating group) is 1. The molecule has 3 rings (SSSR count). The number of nitrogens with zero attached hydrogens (tertiary/aromatic N) is 2. The largest absolute Gasteiger partial charge is 0.368 e. The van der Waals surface area contributed by atoms with E-state index < -0.39 is 0 Å². The molecule has 100 valence electrons. The van der Waals surface area contributed by atoms with Gasteiger partial charge in [-0.15, -0.1) is 11.3 Å². The van der Waals surface area contributed by atoms with Crippen LogP contribution in [0.3, 0.4) is 0 Å². The Morgan fingerprint density at radius 2 is 2.44 bits per heavy atom. The van der Waals surface area contributed by atoms with Crippen LogP contribution >= 0.6 is 11.3 Å². The molecule has 5 heteroatoms. The Labute approximate surface area is 112 Å². The summed E-state index contributed by atoms with van der Waals surface area (Å²) >= 11 is 1.74. The molecule has 2 aliphatic rings. The van der Waals surface area contributed by atoms with Crippen molar-refractivity contribution in [3.8, 4) is 0 Å². The van der Waals surface area contributed by atoms with E-state index >= 15 is 0 Å². The molecule has 1 atom stereocenters. The molecule has 2 heterocycles. The molecule has 1 aliphatic carbocycles. The van der Waals surface area contributed by atoms with E-state index in [-0.39, 0.29) is 6.10 Å². The van der Waals surface area contributed by atoms with Gasteiger partial charge in [0.15, 0.2) is 0 Å². The summed E-state index contributed by atoms with van der Waals surface area (Å²) in [5, 5.41) is 6.81.